The van der Waals surface area contributed by atoms with Gasteiger partial charge in [0.2, 0.25) is 5.91 Å². The van der Waals surface area contributed by atoms with E-state index in [4.69, 9.17) is 0 Å². The largest absolute Gasteiger partial charge is 0.345 e. The molecule has 0 radical (unpaired) electrons. The second-order valence-corrected chi connectivity index (χ2v) is 5.88. The number of rotatable bonds is 6. The molecule has 1 amide bonds. The van der Waals surface area contributed by atoms with Crippen LogP contribution < -0.4 is 11.2 Å². The van der Waals surface area contributed by atoms with Crippen LogP contribution in [-0.4, -0.2) is 58.5 Å². The van der Waals surface area contributed by atoms with Crippen molar-refractivity contribution in [1.29, 1.82) is 0 Å². The first-order chi connectivity index (χ1) is 10.5. The highest BCUT2D eigenvalue weighted by atomic mass is 16.2. The molecule has 0 aliphatic carbocycles. The lowest BCUT2D eigenvalue weighted by Crippen LogP contribution is -2.35. The molecule has 0 bridgehead atoms. The van der Waals surface area contributed by atoms with Crippen molar-refractivity contribution in [1.82, 2.24) is 19.4 Å². The number of aryl methyl sites for hydroxylation is 1. The van der Waals surface area contributed by atoms with Crippen molar-refractivity contribution in [2.45, 2.75) is 26.3 Å². The van der Waals surface area contributed by atoms with Crippen LogP contribution in [0.2, 0.25) is 0 Å². The summed E-state index contributed by atoms with van der Waals surface area (Å²) in [6.45, 7) is 6.41. The summed E-state index contributed by atoms with van der Waals surface area (Å²) >= 11 is 0. The Morgan fingerprint density at radius 2 is 2.23 bits per heavy atom. The Kier molecular flexibility index (Phi) is 5.54. The van der Waals surface area contributed by atoms with Gasteiger partial charge in [-0.05, 0) is 25.4 Å². The van der Waals surface area contributed by atoms with Gasteiger partial charge >= 0.3 is 5.69 Å². The number of aromatic amines is 1. The van der Waals surface area contributed by atoms with Crippen LogP contribution in [-0.2, 0) is 11.3 Å². The fourth-order valence-corrected chi connectivity index (χ4v) is 2.87. The Bertz CT molecular complexity index is 622. The van der Waals surface area contributed by atoms with Crippen LogP contribution in [0.1, 0.15) is 19.8 Å². The van der Waals surface area contributed by atoms with Crippen molar-refractivity contribution >= 4 is 5.91 Å². The highest BCUT2D eigenvalue weighted by Crippen LogP contribution is 2.16. The molecule has 1 aromatic rings. The van der Waals surface area contributed by atoms with Crippen LogP contribution >= 0.6 is 0 Å². The summed E-state index contributed by atoms with van der Waals surface area (Å²) in [6.07, 6.45) is 2.81. The van der Waals surface area contributed by atoms with E-state index in [-0.39, 0.29) is 18.9 Å². The van der Waals surface area contributed by atoms with Gasteiger partial charge in [0.25, 0.3) is 5.56 Å². The minimum atomic E-state index is -0.475. The molecule has 1 N–H and O–H groups in total. The second kappa shape index (κ2) is 7.40. The number of hydrogen-bond acceptors (Lipinski definition) is 4. The Hall–Kier alpha value is -1.89. The van der Waals surface area contributed by atoms with Crippen LogP contribution in [0.5, 0.6) is 0 Å². The van der Waals surface area contributed by atoms with Gasteiger partial charge in [-0.1, -0.05) is 6.92 Å². The molecule has 0 spiro atoms. The average Bonchev–Trinajstić information content (AvgIpc) is 2.93. The topological polar surface area (TPSA) is 78.4 Å². The number of carbonyl (C=O) groups is 1. The van der Waals surface area contributed by atoms with Crippen molar-refractivity contribution < 1.29 is 4.79 Å². The van der Waals surface area contributed by atoms with E-state index in [9.17, 15) is 14.4 Å². The van der Waals surface area contributed by atoms with Gasteiger partial charge in [0.1, 0.15) is 0 Å². The predicted octanol–water partition coefficient (Wildman–Crippen LogP) is -0.273. The molecule has 1 aliphatic heterocycles. The van der Waals surface area contributed by atoms with E-state index in [1.54, 1.807) is 4.90 Å². The van der Waals surface area contributed by atoms with Gasteiger partial charge in [-0.25, -0.2) is 4.79 Å². The molecule has 1 atom stereocenters. The molecular formula is C15H24N4O3. The molecule has 1 saturated heterocycles. The van der Waals surface area contributed by atoms with E-state index in [1.165, 1.54) is 16.8 Å². The van der Waals surface area contributed by atoms with Crippen molar-refractivity contribution in [3.8, 4) is 0 Å². The molecular weight excluding hydrogens is 284 g/mol. The molecule has 1 aromatic heterocycles. The summed E-state index contributed by atoms with van der Waals surface area (Å²) in [5.41, 5.74) is -0.899. The quantitative estimate of drug-likeness (QED) is 0.784. The lowest BCUT2D eigenvalue weighted by molar-refractivity contribution is -0.130. The standard InChI is InChI=1S/C15H24N4O3/c1-3-18-7-4-12(11-18)10-17(2)14(21)6-9-19-8-5-13(20)16-15(19)22/h5,8,12H,3-4,6-7,9-11H2,1-2H3,(H,16,20,22). The Morgan fingerprint density at radius 1 is 1.45 bits per heavy atom. The number of nitrogens with zero attached hydrogens (tertiary/aromatic N) is 3. The maximum atomic E-state index is 12.2. The molecule has 0 aromatic carbocycles. The third kappa shape index (κ3) is 4.30. The number of hydrogen-bond donors (Lipinski definition) is 1. The van der Waals surface area contributed by atoms with E-state index < -0.39 is 11.2 Å². The molecule has 2 heterocycles. The number of amides is 1. The van der Waals surface area contributed by atoms with E-state index >= 15 is 0 Å². The van der Waals surface area contributed by atoms with E-state index in [2.05, 4.69) is 16.8 Å². The first-order valence-electron chi connectivity index (χ1n) is 7.75. The van der Waals surface area contributed by atoms with E-state index in [0.29, 0.717) is 5.92 Å². The Morgan fingerprint density at radius 3 is 2.86 bits per heavy atom. The lowest BCUT2D eigenvalue weighted by atomic mass is 10.1. The van der Waals surface area contributed by atoms with Crippen molar-refractivity contribution in [2.75, 3.05) is 33.2 Å². The summed E-state index contributed by atoms with van der Waals surface area (Å²) in [4.78, 5) is 41.0. The van der Waals surface area contributed by atoms with Gasteiger partial charge in [-0.3, -0.25) is 14.6 Å². The minimum absolute atomic E-state index is 0.0213. The number of nitrogens with one attached hydrogen (secondary N) is 1. The molecule has 7 heteroatoms. The smallest absolute Gasteiger partial charge is 0.328 e. The number of likely N-dealkylation sites (tertiary alicyclic amines) is 1. The fraction of sp³-hybridized carbons (Fsp3) is 0.667. The first kappa shape index (κ1) is 16.5. The van der Waals surface area contributed by atoms with Crippen LogP contribution in [0.25, 0.3) is 0 Å². The molecule has 22 heavy (non-hydrogen) atoms. The average molecular weight is 308 g/mol. The van der Waals surface area contributed by atoms with E-state index in [1.807, 2.05) is 7.05 Å². The third-order valence-electron chi connectivity index (χ3n) is 4.24. The van der Waals surface area contributed by atoms with Gasteiger partial charge in [-0.15, -0.1) is 0 Å². The molecule has 122 valence electrons. The SMILES string of the molecule is CCN1CCC(CN(C)C(=O)CCn2ccc(=O)[nH]c2=O)C1. The van der Waals surface area contributed by atoms with Gasteiger partial charge in [0.15, 0.2) is 0 Å². The normalized spacial score (nSPS) is 18.5. The summed E-state index contributed by atoms with van der Waals surface area (Å²) in [5, 5.41) is 0. The van der Waals surface area contributed by atoms with Crippen molar-refractivity contribution in [2.24, 2.45) is 5.92 Å². The van der Waals surface area contributed by atoms with Crippen LogP contribution in [0.4, 0.5) is 0 Å². The summed E-state index contributed by atoms with van der Waals surface area (Å²) < 4.78 is 1.35. The van der Waals surface area contributed by atoms with E-state index in [0.717, 1.165) is 32.6 Å². The fourth-order valence-electron chi connectivity index (χ4n) is 2.87. The minimum Gasteiger partial charge on any atom is -0.345 e. The summed E-state index contributed by atoms with van der Waals surface area (Å²) in [5.74, 6) is 0.553. The molecule has 2 rings (SSSR count). The van der Waals surface area contributed by atoms with Gasteiger partial charge in [0.05, 0.1) is 0 Å². The number of H-pyrrole nitrogens is 1. The highest BCUT2D eigenvalue weighted by molar-refractivity contribution is 5.75. The predicted molar refractivity (Wildman–Crippen MR) is 83.8 cm³/mol. The van der Waals surface area contributed by atoms with Crippen molar-refractivity contribution in [3.05, 3.63) is 33.1 Å². The van der Waals surface area contributed by atoms with Crippen LogP contribution in [0.3, 0.4) is 0 Å². The lowest BCUT2D eigenvalue weighted by Gasteiger charge is -2.21. The molecule has 0 saturated carbocycles. The zero-order valence-electron chi connectivity index (χ0n) is 13.2. The van der Waals surface area contributed by atoms with Crippen LogP contribution in [0.15, 0.2) is 21.9 Å². The molecule has 1 aliphatic rings. The zero-order chi connectivity index (χ0) is 16.1. The maximum absolute atomic E-state index is 12.2. The van der Waals surface area contributed by atoms with Gasteiger partial charge in [0, 0.05) is 45.4 Å². The highest BCUT2D eigenvalue weighted by Gasteiger charge is 2.23. The van der Waals surface area contributed by atoms with Crippen molar-refractivity contribution in [3.63, 3.8) is 0 Å². The zero-order valence-corrected chi connectivity index (χ0v) is 13.2. The number of carbonyl (C=O) groups excluding carboxylic acids is 1. The Balaban J connectivity index is 1.81. The third-order valence-corrected chi connectivity index (χ3v) is 4.24. The Labute approximate surface area is 129 Å². The number of aromatic nitrogens is 2. The monoisotopic (exact) mass is 308 g/mol. The molecule has 7 nitrogen and oxygen atoms in total. The van der Waals surface area contributed by atoms with Gasteiger partial charge in [-0.2, -0.15) is 0 Å². The molecule has 1 fully saturated rings. The van der Waals surface area contributed by atoms with Crippen LogP contribution in [0, 0.1) is 5.92 Å². The first-order valence-corrected chi connectivity index (χ1v) is 7.75. The molecule has 1 unspecified atom stereocenters. The van der Waals surface area contributed by atoms with Gasteiger partial charge < -0.3 is 14.4 Å². The second-order valence-electron chi connectivity index (χ2n) is 5.88. The summed E-state index contributed by atoms with van der Waals surface area (Å²) in [7, 11) is 1.81. The summed E-state index contributed by atoms with van der Waals surface area (Å²) in [6, 6.07) is 1.29. The maximum Gasteiger partial charge on any atom is 0.328 e.